The van der Waals surface area contributed by atoms with Crippen LogP contribution >= 0.6 is 11.8 Å². The fourth-order valence-electron chi connectivity index (χ4n) is 5.61. The summed E-state index contributed by atoms with van der Waals surface area (Å²) in [5.41, 5.74) is 9.39. The average Bonchev–Trinajstić information content (AvgIpc) is 3.31. The fraction of sp³-hybridized carbons (Fsp3) is 0. The van der Waals surface area contributed by atoms with Gasteiger partial charge in [-0.1, -0.05) is 96.7 Å². The van der Waals surface area contributed by atoms with Crippen LogP contribution in [0.25, 0.3) is 66.1 Å². The van der Waals surface area contributed by atoms with Crippen molar-refractivity contribution in [3.05, 3.63) is 121 Å². The molecule has 2 heteroatoms. The van der Waals surface area contributed by atoms with Crippen molar-refractivity contribution in [2.75, 3.05) is 0 Å². The third-order valence-corrected chi connectivity index (χ3v) is 8.42. The summed E-state index contributed by atoms with van der Waals surface area (Å²) in [5, 5.41) is 4.97. The first-order valence-electron chi connectivity index (χ1n) is 12.2. The highest BCUT2D eigenvalue weighted by Crippen LogP contribution is 2.49. The maximum Gasteiger partial charge on any atom is 0.135 e. The molecule has 1 aliphatic rings. The van der Waals surface area contributed by atoms with Crippen LogP contribution < -0.4 is 0 Å². The summed E-state index contributed by atoms with van der Waals surface area (Å²) >= 11 is 1.87. The molecule has 0 unspecified atom stereocenters. The van der Waals surface area contributed by atoms with Crippen molar-refractivity contribution in [1.29, 1.82) is 0 Å². The number of para-hydroxylation sites is 1. The van der Waals surface area contributed by atoms with Crippen molar-refractivity contribution in [3.63, 3.8) is 0 Å². The first kappa shape index (κ1) is 20.0. The first-order chi connectivity index (χ1) is 17.8. The first-order valence-corrected chi connectivity index (χ1v) is 13.0. The second kappa shape index (κ2) is 7.61. The Kier molecular flexibility index (Phi) is 4.22. The van der Waals surface area contributed by atoms with Gasteiger partial charge in [-0.25, -0.2) is 0 Å². The molecule has 1 aliphatic heterocycles. The number of furan rings is 1. The zero-order chi connectivity index (χ0) is 23.6. The van der Waals surface area contributed by atoms with Gasteiger partial charge in [0.2, 0.25) is 0 Å². The van der Waals surface area contributed by atoms with Gasteiger partial charge < -0.3 is 4.42 Å². The summed E-state index contributed by atoms with van der Waals surface area (Å²) in [5.74, 6) is 0. The van der Waals surface area contributed by atoms with Gasteiger partial charge in [-0.05, 0) is 75.2 Å². The molecule has 0 radical (unpaired) electrons. The molecule has 6 aromatic carbocycles. The topological polar surface area (TPSA) is 13.1 Å². The summed E-state index contributed by atoms with van der Waals surface area (Å²) in [6.45, 7) is 0. The maximum absolute atomic E-state index is 6.07. The maximum atomic E-state index is 6.07. The predicted octanol–water partition coefficient (Wildman–Crippen LogP) is 10.2. The van der Waals surface area contributed by atoms with Gasteiger partial charge in [-0.2, -0.15) is 0 Å². The van der Waals surface area contributed by atoms with E-state index in [0.29, 0.717) is 0 Å². The van der Waals surface area contributed by atoms with Crippen LogP contribution in [0, 0.1) is 0 Å². The highest BCUT2D eigenvalue weighted by molar-refractivity contribution is 7.99. The Hall–Kier alpha value is -4.27. The molecule has 1 nitrogen and oxygen atoms in total. The quantitative estimate of drug-likeness (QED) is 0.246. The molecule has 8 rings (SSSR count). The van der Waals surface area contributed by atoms with E-state index < -0.39 is 0 Å². The zero-order valence-corrected chi connectivity index (χ0v) is 20.2. The van der Waals surface area contributed by atoms with Gasteiger partial charge in [0.1, 0.15) is 11.2 Å². The van der Waals surface area contributed by atoms with Gasteiger partial charge >= 0.3 is 0 Å². The highest BCUT2D eigenvalue weighted by atomic mass is 32.2. The lowest BCUT2D eigenvalue weighted by Gasteiger charge is -2.21. The number of rotatable bonds is 2. The molecular weight excluding hydrogens is 456 g/mol. The van der Waals surface area contributed by atoms with Crippen LogP contribution in [0.15, 0.2) is 136 Å². The molecule has 7 aromatic rings. The molecule has 0 saturated carbocycles. The zero-order valence-electron chi connectivity index (χ0n) is 19.4. The van der Waals surface area contributed by atoms with E-state index in [4.69, 9.17) is 4.42 Å². The van der Waals surface area contributed by atoms with E-state index in [1.165, 1.54) is 53.9 Å². The fourth-order valence-corrected chi connectivity index (χ4v) is 6.74. The van der Waals surface area contributed by atoms with Crippen molar-refractivity contribution < 1.29 is 4.42 Å². The smallest absolute Gasteiger partial charge is 0.135 e. The summed E-state index contributed by atoms with van der Waals surface area (Å²) in [6.07, 6.45) is 0. The molecule has 0 saturated heterocycles. The molecule has 2 heterocycles. The normalized spacial score (nSPS) is 12.3. The van der Waals surface area contributed by atoms with Crippen molar-refractivity contribution in [2.45, 2.75) is 9.79 Å². The van der Waals surface area contributed by atoms with Gasteiger partial charge in [0, 0.05) is 25.9 Å². The molecule has 0 fully saturated rings. The summed E-state index contributed by atoms with van der Waals surface area (Å²) in [7, 11) is 0. The van der Waals surface area contributed by atoms with Crippen LogP contribution in [-0.2, 0) is 0 Å². The summed E-state index contributed by atoms with van der Waals surface area (Å²) in [4.78, 5) is 2.65. The highest BCUT2D eigenvalue weighted by Gasteiger charge is 2.20. The lowest BCUT2D eigenvalue weighted by molar-refractivity contribution is 0.669. The van der Waals surface area contributed by atoms with Crippen LogP contribution in [0.1, 0.15) is 0 Å². The summed E-state index contributed by atoms with van der Waals surface area (Å²) < 4.78 is 6.07. The van der Waals surface area contributed by atoms with E-state index in [9.17, 15) is 0 Å². The molecule has 0 amide bonds. The van der Waals surface area contributed by atoms with Gasteiger partial charge in [0.15, 0.2) is 0 Å². The minimum Gasteiger partial charge on any atom is -0.456 e. The van der Waals surface area contributed by atoms with E-state index in [0.717, 1.165) is 21.9 Å². The minimum atomic E-state index is 0.926. The van der Waals surface area contributed by atoms with Crippen LogP contribution in [0.5, 0.6) is 0 Å². The predicted molar refractivity (Wildman–Crippen MR) is 152 cm³/mol. The molecule has 0 bridgehead atoms. The molecule has 0 atom stereocenters. The largest absolute Gasteiger partial charge is 0.456 e. The van der Waals surface area contributed by atoms with Gasteiger partial charge in [-0.15, -0.1) is 0 Å². The molecular formula is C34H20OS. The van der Waals surface area contributed by atoms with Crippen LogP contribution in [-0.4, -0.2) is 0 Å². The van der Waals surface area contributed by atoms with E-state index in [2.05, 4.69) is 109 Å². The molecule has 168 valence electrons. The van der Waals surface area contributed by atoms with Crippen LogP contribution in [0.2, 0.25) is 0 Å². The van der Waals surface area contributed by atoms with Gasteiger partial charge in [0.05, 0.1) is 0 Å². The van der Waals surface area contributed by atoms with Gasteiger partial charge in [-0.3, -0.25) is 0 Å². The Morgan fingerprint density at radius 1 is 0.444 bits per heavy atom. The molecule has 36 heavy (non-hydrogen) atoms. The Balaban J connectivity index is 1.32. The van der Waals surface area contributed by atoms with Crippen molar-refractivity contribution in [2.24, 2.45) is 0 Å². The van der Waals surface area contributed by atoms with E-state index in [-0.39, 0.29) is 0 Å². The number of hydrogen-bond acceptors (Lipinski definition) is 2. The Morgan fingerprint density at radius 3 is 2.03 bits per heavy atom. The minimum absolute atomic E-state index is 0.926. The Morgan fingerprint density at radius 2 is 1.14 bits per heavy atom. The van der Waals surface area contributed by atoms with Crippen molar-refractivity contribution in [1.82, 2.24) is 0 Å². The van der Waals surface area contributed by atoms with Crippen molar-refractivity contribution >= 4 is 44.5 Å². The lowest BCUT2D eigenvalue weighted by Crippen LogP contribution is -1.94. The Bertz CT molecular complexity index is 1970. The molecule has 0 N–H and O–H groups in total. The van der Waals surface area contributed by atoms with Crippen LogP contribution in [0.4, 0.5) is 0 Å². The van der Waals surface area contributed by atoms with Crippen LogP contribution in [0.3, 0.4) is 0 Å². The second-order valence-electron chi connectivity index (χ2n) is 9.33. The average molecular weight is 477 g/mol. The van der Waals surface area contributed by atoms with E-state index in [1.807, 2.05) is 23.9 Å². The third-order valence-electron chi connectivity index (χ3n) is 7.28. The SMILES string of the molecule is c1ccc(-c2ccc3oc4ccccc4c3c2)c(-c2ccc3c(c2)-c2cccc4cccc(c24)S3)c1. The number of benzene rings is 6. The Labute approximate surface area is 213 Å². The standard InChI is InChI=1S/C34H20OS/c1-2-10-25(24(9-1)22-15-17-31-28(19-22)26-11-3-4-13-30(26)35-31)23-16-18-32-29(20-23)27-12-5-7-21-8-6-14-33(36-32)34(21)27/h1-20H. The van der Waals surface area contributed by atoms with E-state index >= 15 is 0 Å². The molecule has 1 aromatic heterocycles. The second-order valence-corrected chi connectivity index (χ2v) is 10.4. The number of hydrogen-bond donors (Lipinski definition) is 0. The number of fused-ring (bicyclic) bond motifs is 5. The van der Waals surface area contributed by atoms with Crippen molar-refractivity contribution in [3.8, 4) is 33.4 Å². The van der Waals surface area contributed by atoms with E-state index in [1.54, 1.807) is 0 Å². The summed E-state index contributed by atoms with van der Waals surface area (Å²) in [6, 6.07) is 43.7. The third kappa shape index (κ3) is 2.92. The van der Waals surface area contributed by atoms with Gasteiger partial charge in [0.25, 0.3) is 0 Å². The molecule has 0 aliphatic carbocycles. The monoisotopic (exact) mass is 476 g/mol. The molecule has 0 spiro atoms. The lowest BCUT2D eigenvalue weighted by atomic mass is 9.91.